The van der Waals surface area contributed by atoms with Crippen molar-refractivity contribution in [3.8, 4) is 33.5 Å². The molecule has 0 bridgehead atoms. The Kier molecular flexibility index (Phi) is 4.77. The third kappa shape index (κ3) is 3.12. The summed E-state index contributed by atoms with van der Waals surface area (Å²) in [5, 5.41) is 1.60. The number of benzene rings is 4. The van der Waals surface area contributed by atoms with Crippen LogP contribution in [0.3, 0.4) is 0 Å². The zero-order valence-electron chi connectivity index (χ0n) is 18.9. The first-order valence-electron chi connectivity index (χ1n) is 11.6. The first kappa shape index (κ1) is 20.4. The number of nitrogens with zero attached hydrogens (tertiary/aromatic N) is 1. The van der Waals surface area contributed by atoms with Crippen LogP contribution in [-0.4, -0.2) is 10.4 Å². The van der Waals surface area contributed by atoms with Gasteiger partial charge in [0.05, 0.1) is 11.7 Å². The minimum absolute atomic E-state index is 0.0493. The molecule has 0 radical (unpaired) electrons. The number of rotatable bonds is 4. The molecule has 1 aliphatic heterocycles. The molecule has 2 heterocycles. The van der Waals surface area contributed by atoms with E-state index in [1.54, 1.807) is 6.92 Å². The molecule has 5 aromatic rings. The second-order valence-corrected chi connectivity index (χ2v) is 8.90. The van der Waals surface area contributed by atoms with Crippen LogP contribution in [0.4, 0.5) is 0 Å². The Morgan fingerprint density at radius 3 is 2.09 bits per heavy atom. The van der Waals surface area contributed by atoms with Gasteiger partial charge in [0.15, 0.2) is 0 Å². The summed E-state index contributed by atoms with van der Waals surface area (Å²) in [5.74, 6) is 0.0698. The number of Topliss-reactive ketones (excluding diaryl/α,β-unsaturated/α-hetero) is 1. The van der Waals surface area contributed by atoms with Crippen molar-refractivity contribution in [1.29, 1.82) is 0 Å². The Hall–Kier alpha value is -4.24. The number of carbonyl (C=O) groups excluding carboxylic acids is 1. The van der Waals surface area contributed by atoms with E-state index in [0.717, 1.165) is 44.5 Å². The molecular formula is C31H23NO2. The number of hydrogen-bond donors (Lipinski definition) is 0. The van der Waals surface area contributed by atoms with Crippen molar-refractivity contribution in [2.24, 2.45) is 0 Å². The van der Waals surface area contributed by atoms with Gasteiger partial charge in [-0.25, -0.2) is 0 Å². The number of hydrogen-bond acceptors (Lipinski definition) is 2. The molecule has 0 N–H and O–H groups in total. The minimum Gasteiger partial charge on any atom is -0.300 e. The van der Waals surface area contributed by atoms with Gasteiger partial charge in [0.2, 0.25) is 0 Å². The molecule has 0 saturated carbocycles. The third-order valence-electron chi connectivity index (χ3n) is 6.75. The Bertz CT molecular complexity index is 1620. The molecule has 0 saturated heterocycles. The van der Waals surface area contributed by atoms with Crippen LogP contribution in [0.15, 0.2) is 108 Å². The van der Waals surface area contributed by atoms with E-state index in [0.29, 0.717) is 11.8 Å². The van der Waals surface area contributed by atoms with E-state index in [9.17, 15) is 9.59 Å². The zero-order chi connectivity index (χ0) is 23.2. The second kappa shape index (κ2) is 7.96. The summed E-state index contributed by atoms with van der Waals surface area (Å²) in [4.78, 5) is 26.2. The molecule has 34 heavy (non-hydrogen) atoms. The van der Waals surface area contributed by atoms with Crippen LogP contribution in [0.1, 0.15) is 24.9 Å². The smallest absolute Gasteiger partial charge is 0.259 e. The van der Waals surface area contributed by atoms with Crippen molar-refractivity contribution < 1.29 is 4.79 Å². The van der Waals surface area contributed by atoms with Crippen molar-refractivity contribution in [1.82, 2.24) is 4.57 Å². The van der Waals surface area contributed by atoms with Gasteiger partial charge in [-0.05, 0) is 46.7 Å². The van der Waals surface area contributed by atoms with E-state index in [4.69, 9.17) is 0 Å². The number of ketones is 1. The second-order valence-electron chi connectivity index (χ2n) is 8.90. The van der Waals surface area contributed by atoms with Crippen molar-refractivity contribution >= 4 is 16.6 Å². The predicted molar refractivity (Wildman–Crippen MR) is 138 cm³/mol. The summed E-state index contributed by atoms with van der Waals surface area (Å²) in [5.41, 5.74) is 7.18. The molecule has 0 fully saturated rings. The maximum atomic E-state index is 14.0. The molecule has 4 aromatic carbocycles. The predicted octanol–water partition coefficient (Wildman–Crippen LogP) is 6.88. The first-order valence-corrected chi connectivity index (χ1v) is 11.6. The van der Waals surface area contributed by atoms with E-state index < -0.39 is 0 Å². The molecule has 1 aliphatic rings. The van der Waals surface area contributed by atoms with Crippen LogP contribution in [-0.2, 0) is 4.79 Å². The van der Waals surface area contributed by atoms with Gasteiger partial charge in [0.25, 0.3) is 5.56 Å². The van der Waals surface area contributed by atoms with Gasteiger partial charge in [-0.2, -0.15) is 0 Å². The Labute approximate surface area is 197 Å². The van der Waals surface area contributed by atoms with Crippen molar-refractivity contribution in [3.63, 3.8) is 0 Å². The molecule has 0 spiro atoms. The zero-order valence-corrected chi connectivity index (χ0v) is 18.9. The lowest BCUT2D eigenvalue weighted by molar-refractivity contribution is -0.117. The van der Waals surface area contributed by atoms with Crippen molar-refractivity contribution in [2.75, 3.05) is 0 Å². The van der Waals surface area contributed by atoms with Crippen LogP contribution in [0, 0.1) is 0 Å². The summed E-state index contributed by atoms with van der Waals surface area (Å²) in [7, 11) is 0. The van der Waals surface area contributed by atoms with Crippen molar-refractivity contribution in [2.45, 2.75) is 19.4 Å². The average Bonchev–Trinajstić information content (AvgIpc) is 3.19. The van der Waals surface area contributed by atoms with Crippen LogP contribution >= 0.6 is 0 Å². The monoisotopic (exact) mass is 441 g/mol. The fourth-order valence-corrected chi connectivity index (χ4v) is 5.30. The maximum Gasteiger partial charge on any atom is 0.259 e. The van der Waals surface area contributed by atoms with E-state index >= 15 is 0 Å². The molecule has 0 amide bonds. The summed E-state index contributed by atoms with van der Waals surface area (Å²) >= 11 is 0. The summed E-state index contributed by atoms with van der Waals surface area (Å²) in [6.07, 6.45) is 0.297. The lowest BCUT2D eigenvalue weighted by Gasteiger charge is -2.19. The Morgan fingerprint density at radius 1 is 0.735 bits per heavy atom. The Morgan fingerprint density at radius 2 is 1.38 bits per heavy atom. The van der Waals surface area contributed by atoms with Gasteiger partial charge in [0.1, 0.15) is 5.78 Å². The van der Waals surface area contributed by atoms with Crippen LogP contribution in [0.25, 0.3) is 44.3 Å². The third-order valence-corrected chi connectivity index (χ3v) is 6.75. The van der Waals surface area contributed by atoms with Crippen LogP contribution in [0.5, 0.6) is 0 Å². The quantitative estimate of drug-likeness (QED) is 0.305. The fraction of sp³-hybridized carbons (Fsp3) is 0.0968. The van der Waals surface area contributed by atoms with Gasteiger partial charge >= 0.3 is 0 Å². The number of carbonyl (C=O) groups is 1. The number of pyridine rings is 1. The molecule has 1 unspecified atom stereocenters. The van der Waals surface area contributed by atoms with E-state index in [-0.39, 0.29) is 17.4 Å². The molecule has 1 aromatic heterocycles. The largest absolute Gasteiger partial charge is 0.300 e. The summed E-state index contributed by atoms with van der Waals surface area (Å²) < 4.78 is 1.86. The summed E-state index contributed by atoms with van der Waals surface area (Å²) in [6, 6.07) is 34.4. The van der Waals surface area contributed by atoms with Gasteiger partial charge in [-0.15, -0.1) is 0 Å². The van der Waals surface area contributed by atoms with Gasteiger partial charge in [-0.3, -0.25) is 14.2 Å². The number of fused-ring (bicyclic) bond motifs is 4. The highest BCUT2D eigenvalue weighted by Gasteiger charge is 2.33. The van der Waals surface area contributed by atoms with Gasteiger partial charge in [0, 0.05) is 22.9 Å². The van der Waals surface area contributed by atoms with E-state index in [1.807, 2.05) is 71.3 Å². The summed E-state index contributed by atoms with van der Waals surface area (Å²) in [6.45, 7) is 1.59. The molecule has 3 nitrogen and oxygen atoms in total. The molecule has 164 valence electrons. The molecular weight excluding hydrogens is 418 g/mol. The molecule has 6 rings (SSSR count). The lowest BCUT2D eigenvalue weighted by atomic mass is 9.92. The SMILES string of the molecule is CC(=O)CC1c2ccccc2-c2c(-c3ccccc3)c3cc(-c4ccccc4)ccc3c(=O)n21. The average molecular weight is 442 g/mol. The normalized spacial score (nSPS) is 14.1. The molecule has 3 heteroatoms. The highest BCUT2D eigenvalue weighted by Crippen LogP contribution is 2.47. The highest BCUT2D eigenvalue weighted by molar-refractivity contribution is 6.05. The lowest BCUT2D eigenvalue weighted by Crippen LogP contribution is -2.25. The van der Waals surface area contributed by atoms with Crippen LogP contribution in [0.2, 0.25) is 0 Å². The van der Waals surface area contributed by atoms with E-state index in [1.165, 1.54) is 0 Å². The van der Waals surface area contributed by atoms with E-state index in [2.05, 4.69) is 36.4 Å². The number of aromatic nitrogens is 1. The Balaban J connectivity index is 1.77. The van der Waals surface area contributed by atoms with Gasteiger partial charge < -0.3 is 0 Å². The van der Waals surface area contributed by atoms with Crippen molar-refractivity contribution in [3.05, 3.63) is 119 Å². The minimum atomic E-state index is -0.295. The topological polar surface area (TPSA) is 39.1 Å². The van der Waals surface area contributed by atoms with Gasteiger partial charge in [-0.1, -0.05) is 91.0 Å². The fourth-order valence-electron chi connectivity index (χ4n) is 5.30. The molecule has 1 atom stereocenters. The standard InChI is InChI=1S/C31H23NO2/c1-20(33)18-28-24-14-8-9-15-25(24)30-29(22-12-6-3-7-13-22)27-19-23(21-10-4-2-5-11-21)16-17-26(27)31(34)32(28)30/h2-17,19,28H,18H2,1H3. The molecule has 0 aliphatic carbocycles. The van der Waals surface area contributed by atoms with Crippen LogP contribution < -0.4 is 5.56 Å². The highest BCUT2D eigenvalue weighted by atomic mass is 16.1. The first-order chi connectivity index (χ1) is 16.6. The maximum absolute atomic E-state index is 14.0.